The monoisotopic (exact) mass is 307 g/mol. The second kappa shape index (κ2) is 6.43. The Hall–Kier alpha value is -1.30. The fourth-order valence-electron chi connectivity index (χ4n) is 1.86. The molecule has 20 heavy (non-hydrogen) atoms. The second-order valence-corrected chi connectivity index (χ2v) is 7.02. The number of benzene rings is 2. The molecular formula is C15H17NO2S2. The summed E-state index contributed by atoms with van der Waals surface area (Å²) in [6, 6.07) is 16.0. The normalized spacial score (nSPS) is 13.1. The third kappa shape index (κ3) is 3.62. The third-order valence-corrected chi connectivity index (χ3v) is 5.30. The van der Waals surface area contributed by atoms with E-state index in [0.29, 0.717) is 0 Å². The number of hydrogen-bond acceptors (Lipinski definition) is 3. The average molecular weight is 307 g/mol. The van der Waals surface area contributed by atoms with Crippen molar-refractivity contribution in [3.05, 3.63) is 60.2 Å². The van der Waals surface area contributed by atoms with E-state index in [9.17, 15) is 8.42 Å². The van der Waals surface area contributed by atoms with Crippen LogP contribution in [0.25, 0.3) is 0 Å². The van der Waals surface area contributed by atoms with E-state index in [4.69, 9.17) is 0 Å². The first-order chi connectivity index (χ1) is 9.53. The molecule has 1 atom stereocenters. The maximum Gasteiger partial charge on any atom is 0.241 e. The van der Waals surface area contributed by atoms with Crippen LogP contribution in [0.3, 0.4) is 0 Å². The van der Waals surface area contributed by atoms with Crippen LogP contribution in [0.1, 0.15) is 18.5 Å². The highest BCUT2D eigenvalue weighted by Crippen LogP contribution is 2.20. The Balaban J connectivity index is 2.16. The topological polar surface area (TPSA) is 46.2 Å². The van der Waals surface area contributed by atoms with Crippen LogP contribution in [0.15, 0.2) is 64.4 Å². The van der Waals surface area contributed by atoms with E-state index in [1.807, 2.05) is 37.4 Å². The van der Waals surface area contributed by atoms with E-state index in [-0.39, 0.29) is 10.9 Å². The van der Waals surface area contributed by atoms with Crippen molar-refractivity contribution < 1.29 is 8.42 Å². The molecule has 5 heteroatoms. The molecule has 0 heterocycles. The molecule has 0 aromatic heterocycles. The first kappa shape index (κ1) is 15.1. The predicted molar refractivity (Wildman–Crippen MR) is 83.4 cm³/mol. The number of rotatable bonds is 5. The molecule has 0 bridgehead atoms. The van der Waals surface area contributed by atoms with Gasteiger partial charge in [0.15, 0.2) is 0 Å². The Morgan fingerprint density at radius 3 is 2.15 bits per heavy atom. The molecule has 0 aliphatic rings. The highest BCUT2D eigenvalue weighted by atomic mass is 32.2. The van der Waals surface area contributed by atoms with Crippen molar-refractivity contribution in [1.82, 2.24) is 4.72 Å². The Kier molecular flexibility index (Phi) is 4.86. The van der Waals surface area contributed by atoms with E-state index in [2.05, 4.69) is 4.72 Å². The fraction of sp³-hybridized carbons (Fsp3) is 0.200. The van der Waals surface area contributed by atoms with Crippen molar-refractivity contribution in [1.29, 1.82) is 0 Å². The molecule has 2 rings (SSSR count). The summed E-state index contributed by atoms with van der Waals surface area (Å²) in [4.78, 5) is 1.44. The standard InChI is InChI=1S/C15H17NO2S2/c1-12(13-8-10-14(19-2)11-9-13)16-20(17,18)15-6-4-3-5-7-15/h3-12,16H,1-2H3/t12-/m1/s1. The quantitative estimate of drug-likeness (QED) is 0.861. The zero-order valence-electron chi connectivity index (χ0n) is 11.4. The average Bonchev–Trinajstić information content (AvgIpc) is 2.48. The van der Waals surface area contributed by atoms with E-state index >= 15 is 0 Å². The molecule has 0 aliphatic heterocycles. The molecule has 0 amide bonds. The van der Waals surface area contributed by atoms with Gasteiger partial charge in [0.1, 0.15) is 0 Å². The van der Waals surface area contributed by atoms with Crippen LogP contribution in [0.5, 0.6) is 0 Å². The first-order valence-electron chi connectivity index (χ1n) is 6.24. The Labute approximate surface area is 124 Å². The number of nitrogens with one attached hydrogen (secondary N) is 1. The van der Waals surface area contributed by atoms with Crippen molar-refractivity contribution in [2.24, 2.45) is 0 Å². The lowest BCUT2D eigenvalue weighted by Gasteiger charge is -2.15. The summed E-state index contributed by atoms with van der Waals surface area (Å²) in [7, 11) is -3.48. The molecule has 2 aromatic carbocycles. The Morgan fingerprint density at radius 1 is 1.00 bits per heavy atom. The second-order valence-electron chi connectivity index (χ2n) is 4.43. The van der Waals surface area contributed by atoms with Crippen LogP contribution < -0.4 is 4.72 Å². The summed E-state index contributed by atoms with van der Waals surface area (Å²) in [6.45, 7) is 1.84. The maximum absolute atomic E-state index is 12.2. The van der Waals surface area contributed by atoms with Crippen LogP contribution in [0.2, 0.25) is 0 Å². The molecule has 1 N–H and O–H groups in total. The minimum Gasteiger partial charge on any atom is -0.207 e. The van der Waals surface area contributed by atoms with Gasteiger partial charge in [0.05, 0.1) is 4.90 Å². The zero-order valence-corrected chi connectivity index (χ0v) is 13.0. The van der Waals surface area contributed by atoms with Crippen molar-refractivity contribution in [3.8, 4) is 0 Å². The molecule has 0 unspecified atom stereocenters. The maximum atomic E-state index is 12.2. The van der Waals surface area contributed by atoms with Gasteiger partial charge >= 0.3 is 0 Å². The SMILES string of the molecule is CSc1ccc([C@@H](C)NS(=O)(=O)c2ccccc2)cc1. The Morgan fingerprint density at radius 2 is 1.60 bits per heavy atom. The van der Waals surface area contributed by atoms with Gasteiger partial charge in [0.25, 0.3) is 0 Å². The third-order valence-electron chi connectivity index (χ3n) is 3.00. The molecule has 3 nitrogen and oxygen atoms in total. The largest absolute Gasteiger partial charge is 0.241 e. The van der Waals surface area contributed by atoms with Gasteiger partial charge in [-0.1, -0.05) is 30.3 Å². The van der Waals surface area contributed by atoms with Gasteiger partial charge in [-0.05, 0) is 43.0 Å². The summed E-state index contributed by atoms with van der Waals surface area (Å²) >= 11 is 1.66. The van der Waals surface area contributed by atoms with Crippen LogP contribution in [-0.2, 0) is 10.0 Å². The van der Waals surface area contributed by atoms with E-state index in [1.165, 1.54) is 0 Å². The van der Waals surface area contributed by atoms with Crippen molar-refractivity contribution >= 4 is 21.8 Å². The summed E-state index contributed by atoms with van der Waals surface area (Å²) in [5.74, 6) is 0. The van der Waals surface area contributed by atoms with Gasteiger partial charge < -0.3 is 0 Å². The molecular weight excluding hydrogens is 290 g/mol. The molecule has 106 valence electrons. The van der Waals surface area contributed by atoms with Gasteiger partial charge in [0, 0.05) is 10.9 Å². The van der Waals surface area contributed by atoms with Crippen LogP contribution in [0, 0.1) is 0 Å². The van der Waals surface area contributed by atoms with Gasteiger partial charge in [-0.3, -0.25) is 0 Å². The summed E-state index contributed by atoms with van der Waals surface area (Å²) in [5.41, 5.74) is 0.947. The molecule has 0 fully saturated rings. The van der Waals surface area contributed by atoms with Crippen LogP contribution >= 0.6 is 11.8 Å². The summed E-state index contributed by atoms with van der Waals surface area (Å²) in [6.07, 6.45) is 2.01. The number of hydrogen-bond donors (Lipinski definition) is 1. The molecule has 0 spiro atoms. The smallest absolute Gasteiger partial charge is 0.207 e. The van der Waals surface area contributed by atoms with Gasteiger partial charge in [-0.2, -0.15) is 0 Å². The lowest BCUT2D eigenvalue weighted by atomic mass is 10.1. The van der Waals surface area contributed by atoms with Crippen molar-refractivity contribution in [3.63, 3.8) is 0 Å². The van der Waals surface area contributed by atoms with Crippen LogP contribution in [-0.4, -0.2) is 14.7 Å². The lowest BCUT2D eigenvalue weighted by Crippen LogP contribution is -2.26. The van der Waals surface area contributed by atoms with E-state index < -0.39 is 10.0 Å². The highest BCUT2D eigenvalue weighted by molar-refractivity contribution is 7.98. The highest BCUT2D eigenvalue weighted by Gasteiger charge is 2.17. The lowest BCUT2D eigenvalue weighted by molar-refractivity contribution is 0.567. The zero-order chi connectivity index (χ0) is 14.6. The molecule has 0 radical (unpaired) electrons. The molecule has 2 aromatic rings. The minimum absolute atomic E-state index is 0.267. The van der Waals surface area contributed by atoms with Gasteiger partial charge in [-0.15, -0.1) is 11.8 Å². The van der Waals surface area contributed by atoms with E-state index in [1.54, 1.807) is 42.1 Å². The molecule has 0 saturated heterocycles. The number of thioether (sulfide) groups is 1. The predicted octanol–water partition coefficient (Wildman–Crippen LogP) is 3.45. The molecule has 0 aliphatic carbocycles. The minimum atomic E-state index is -3.48. The fourth-order valence-corrected chi connectivity index (χ4v) is 3.52. The first-order valence-corrected chi connectivity index (χ1v) is 8.95. The van der Waals surface area contributed by atoms with Crippen molar-refractivity contribution in [2.45, 2.75) is 22.8 Å². The van der Waals surface area contributed by atoms with Crippen molar-refractivity contribution in [2.75, 3.05) is 6.26 Å². The van der Waals surface area contributed by atoms with E-state index in [0.717, 1.165) is 10.5 Å². The Bertz CT molecular complexity index is 652. The number of sulfonamides is 1. The van der Waals surface area contributed by atoms with Crippen LogP contribution in [0.4, 0.5) is 0 Å². The summed E-state index contributed by atoms with van der Waals surface area (Å²) in [5, 5.41) is 0. The van der Waals surface area contributed by atoms with Gasteiger partial charge in [0.2, 0.25) is 10.0 Å². The molecule has 0 saturated carbocycles. The van der Waals surface area contributed by atoms with Gasteiger partial charge in [-0.25, -0.2) is 13.1 Å². The summed E-state index contributed by atoms with van der Waals surface area (Å²) < 4.78 is 27.1.